The minimum atomic E-state index is 0.119. The lowest BCUT2D eigenvalue weighted by Gasteiger charge is -2.30. The Morgan fingerprint density at radius 1 is 1.20 bits per heavy atom. The molecule has 0 aliphatic carbocycles. The Balaban J connectivity index is 2.27. The highest BCUT2D eigenvalue weighted by atomic mass is 14.9. The Labute approximate surface area is 122 Å². The minimum absolute atomic E-state index is 0.119. The van der Waals surface area contributed by atoms with Gasteiger partial charge in [-0.15, -0.1) is 0 Å². The fourth-order valence-electron chi connectivity index (χ4n) is 2.99. The third-order valence-corrected chi connectivity index (χ3v) is 3.96. The number of rotatable bonds is 6. The molecule has 2 aromatic rings. The number of hydrogen-bond acceptors (Lipinski definition) is 2. The predicted molar refractivity (Wildman–Crippen MR) is 87.1 cm³/mol. The van der Waals surface area contributed by atoms with E-state index in [1.54, 1.807) is 0 Å². The van der Waals surface area contributed by atoms with Crippen LogP contribution in [0.4, 0.5) is 0 Å². The Bertz CT molecular complexity index is 555. The van der Waals surface area contributed by atoms with Crippen LogP contribution in [-0.2, 0) is 5.41 Å². The molecule has 0 saturated carbocycles. The van der Waals surface area contributed by atoms with Gasteiger partial charge in [0, 0.05) is 23.8 Å². The van der Waals surface area contributed by atoms with Gasteiger partial charge in [0.05, 0.1) is 0 Å². The third kappa shape index (κ3) is 3.37. The standard InChI is InChI=1S/C18H26N2/c1-5-10-20-14(2)11-18(3,4)17-13-19-12-15-8-6-7-9-16(15)17/h6-9,12-14,20H,5,10-11H2,1-4H3. The van der Waals surface area contributed by atoms with Crippen molar-refractivity contribution in [3.63, 3.8) is 0 Å². The normalized spacial score (nSPS) is 13.6. The lowest BCUT2D eigenvalue weighted by atomic mass is 9.78. The van der Waals surface area contributed by atoms with E-state index in [0.717, 1.165) is 13.0 Å². The lowest BCUT2D eigenvalue weighted by Crippen LogP contribution is -2.33. The van der Waals surface area contributed by atoms with Crippen LogP contribution >= 0.6 is 0 Å². The van der Waals surface area contributed by atoms with Gasteiger partial charge in [-0.25, -0.2) is 0 Å². The van der Waals surface area contributed by atoms with E-state index in [2.05, 4.69) is 62.3 Å². The fourth-order valence-corrected chi connectivity index (χ4v) is 2.99. The van der Waals surface area contributed by atoms with Gasteiger partial charge in [-0.2, -0.15) is 0 Å². The molecule has 2 heteroatoms. The Morgan fingerprint density at radius 2 is 1.95 bits per heavy atom. The number of benzene rings is 1. The summed E-state index contributed by atoms with van der Waals surface area (Å²) in [7, 11) is 0. The molecule has 1 heterocycles. The van der Waals surface area contributed by atoms with Gasteiger partial charge in [-0.1, -0.05) is 45.0 Å². The van der Waals surface area contributed by atoms with E-state index >= 15 is 0 Å². The molecule has 0 saturated heterocycles. The first-order valence-electron chi connectivity index (χ1n) is 7.61. The molecule has 0 fully saturated rings. The number of fused-ring (bicyclic) bond motifs is 1. The maximum absolute atomic E-state index is 4.43. The summed E-state index contributed by atoms with van der Waals surface area (Å²) in [5, 5.41) is 6.14. The van der Waals surface area contributed by atoms with E-state index in [-0.39, 0.29) is 5.41 Å². The molecule has 0 bridgehead atoms. The van der Waals surface area contributed by atoms with E-state index in [9.17, 15) is 0 Å². The van der Waals surface area contributed by atoms with Crippen LogP contribution in [0.3, 0.4) is 0 Å². The van der Waals surface area contributed by atoms with Crippen LogP contribution in [0.25, 0.3) is 10.8 Å². The van der Waals surface area contributed by atoms with E-state index < -0.39 is 0 Å². The van der Waals surface area contributed by atoms with Gasteiger partial charge in [-0.3, -0.25) is 4.98 Å². The molecule has 2 rings (SSSR count). The summed E-state index contributed by atoms with van der Waals surface area (Å²) < 4.78 is 0. The van der Waals surface area contributed by atoms with Gasteiger partial charge in [0.25, 0.3) is 0 Å². The van der Waals surface area contributed by atoms with Crippen LogP contribution in [0, 0.1) is 0 Å². The van der Waals surface area contributed by atoms with Gasteiger partial charge < -0.3 is 5.32 Å². The van der Waals surface area contributed by atoms with E-state index in [1.807, 2.05) is 12.4 Å². The number of pyridine rings is 1. The zero-order chi connectivity index (χ0) is 14.6. The van der Waals surface area contributed by atoms with Crippen LogP contribution < -0.4 is 5.32 Å². The van der Waals surface area contributed by atoms with Crippen molar-refractivity contribution in [2.45, 2.75) is 52.0 Å². The lowest BCUT2D eigenvalue weighted by molar-refractivity contribution is 0.391. The van der Waals surface area contributed by atoms with Gasteiger partial charge >= 0.3 is 0 Å². The third-order valence-electron chi connectivity index (χ3n) is 3.96. The van der Waals surface area contributed by atoms with Crippen LogP contribution in [-0.4, -0.2) is 17.6 Å². The molecule has 1 atom stereocenters. The van der Waals surface area contributed by atoms with Crippen molar-refractivity contribution in [3.05, 3.63) is 42.2 Å². The fraction of sp³-hybridized carbons (Fsp3) is 0.500. The summed E-state index contributed by atoms with van der Waals surface area (Å²) in [6, 6.07) is 9.05. The second-order valence-electron chi connectivity index (χ2n) is 6.35. The van der Waals surface area contributed by atoms with Crippen molar-refractivity contribution in [2.24, 2.45) is 0 Å². The molecule has 1 N–H and O–H groups in total. The topological polar surface area (TPSA) is 24.9 Å². The zero-order valence-corrected chi connectivity index (χ0v) is 13.1. The largest absolute Gasteiger partial charge is 0.314 e. The summed E-state index contributed by atoms with van der Waals surface area (Å²) in [6.45, 7) is 10.2. The molecule has 1 aromatic heterocycles. The predicted octanol–water partition coefficient (Wildman–Crippen LogP) is 4.29. The first kappa shape index (κ1) is 15.0. The van der Waals surface area contributed by atoms with Gasteiger partial charge in [0.2, 0.25) is 0 Å². The van der Waals surface area contributed by atoms with Crippen LogP contribution in [0.1, 0.15) is 46.1 Å². The monoisotopic (exact) mass is 270 g/mol. The molecular formula is C18H26N2. The quantitative estimate of drug-likeness (QED) is 0.847. The second-order valence-corrected chi connectivity index (χ2v) is 6.35. The minimum Gasteiger partial charge on any atom is -0.314 e. The molecule has 20 heavy (non-hydrogen) atoms. The summed E-state index contributed by atoms with van der Waals surface area (Å²) in [4.78, 5) is 4.43. The number of aromatic nitrogens is 1. The number of nitrogens with zero attached hydrogens (tertiary/aromatic N) is 1. The average Bonchev–Trinajstić information content (AvgIpc) is 2.44. The molecule has 0 amide bonds. The van der Waals surface area contributed by atoms with Crippen molar-refractivity contribution in [1.82, 2.24) is 10.3 Å². The molecule has 1 unspecified atom stereocenters. The van der Waals surface area contributed by atoms with Crippen molar-refractivity contribution in [3.8, 4) is 0 Å². The van der Waals surface area contributed by atoms with Crippen molar-refractivity contribution >= 4 is 10.8 Å². The molecule has 108 valence electrons. The molecular weight excluding hydrogens is 244 g/mol. The highest BCUT2D eigenvalue weighted by Gasteiger charge is 2.25. The first-order valence-corrected chi connectivity index (χ1v) is 7.61. The maximum atomic E-state index is 4.43. The molecule has 1 aromatic carbocycles. The van der Waals surface area contributed by atoms with Gasteiger partial charge in [0.15, 0.2) is 0 Å². The number of nitrogens with one attached hydrogen (secondary N) is 1. The second kappa shape index (κ2) is 6.36. The van der Waals surface area contributed by atoms with Crippen LogP contribution in [0.5, 0.6) is 0 Å². The number of hydrogen-bond donors (Lipinski definition) is 1. The van der Waals surface area contributed by atoms with Crippen LogP contribution in [0.15, 0.2) is 36.7 Å². The van der Waals surface area contributed by atoms with Crippen LogP contribution in [0.2, 0.25) is 0 Å². The Hall–Kier alpha value is -1.41. The Morgan fingerprint density at radius 3 is 2.70 bits per heavy atom. The van der Waals surface area contributed by atoms with Crippen molar-refractivity contribution in [2.75, 3.05) is 6.54 Å². The molecule has 2 nitrogen and oxygen atoms in total. The molecule has 0 spiro atoms. The summed E-state index contributed by atoms with van der Waals surface area (Å²) >= 11 is 0. The first-order chi connectivity index (χ1) is 9.54. The summed E-state index contributed by atoms with van der Waals surface area (Å²) in [5.74, 6) is 0. The van der Waals surface area contributed by atoms with Crippen molar-refractivity contribution < 1.29 is 0 Å². The Kier molecular flexibility index (Phi) is 4.77. The molecule has 0 radical (unpaired) electrons. The smallest absolute Gasteiger partial charge is 0.0346 e. The maximum Gasteiger partial charge on any atom is 0.0346 e. The average molecular weight is 270 g/mol. The van der Waals surface area contributed by atoms with E-state index in [0.29, 0.717) is 6.04 Å². The SMILES string of the molecule is CCCNC(C)CC(C)(C)c1cncc2ccccc12. The van der Waals surface area contributed by atoms with Gasteiger partial charge in [-0.05, 0) is 42.7 Å². The van der Waals surface area contributed by atoms with E-state index in [1.165, 1.54) is 22.8 Å². The summed E-state index contributed by atoms with van der Waals surface area (Å²) in [5.41, 5.74) is 1.47. The molecule has 0 aliphatic heterocycles. The highest BCUT2D eigenvalue weighted by Crippen LogP contribution is 2.33. The van der Waals surface area contributed by atoms with Gasteiger partial charge in [0.1, 0.15) is 0 Å². The summed E-state index contributed by atoms with van der Waals surface area (Å²) in [6.07, 6.45) is 6.28. The molecule has 0 aliphatic rings. The van der Waals surface area contributed by atoms with E-state index in [4.69, 9.17) is 0 Å². The zero-order valence-electron chi connectivity index (χ0n) is 13.1. The van der Waals surface area contributed by atoms with Crippen molar-refractivity contribution in [1.29, 1.82) is 0 Å². The highest BCUT2D eigenvalue weighted by molar-refractivity contribution is 5.85.